The summed E-state index contributed by atoms with van der Waals surface area (Å²) in [5.74, 6) is 1.30. The van der Waals surface area contributed by atoms with Crippen molar-refractivity contribution in [1.82, 2.24) is 15.0 Å². The Bertz CT molecular complexity index is 1110. The lowest BCUT2D eigenvalue weighted by atomic mass is 10.1. The van der Waals surface area contributed by atoms with Crippen LogP contribution in [0.25, 0.3) is 0 Å². The molecule has 0 radical (unpaired) electrons. The number of rotatable bonds is 7. The fraction of sp³-hybridized carbons (Fsp3) is 0.471. The van der Waals surface area contributed by atoms with Gasteiger partial charge in [-0.2, -0.15) is 26.8 Å². The minimum absolute atomic E-state index is 0.0383. The fourth-order valence-electron chi connectivity index (χ4n) is 3.20. The predicted octanol–water partition coefficient (Wildman–Crippen LogP) is 1.51. The van der Waals surface area contributed by atoms with Crippen molar-refractivity contribution in [3.05, 3.63) is 35.4 Å². The molecule has 1 aromatic heterocycles. The Morgan fingerprint density at radius 1 is 0.966 bits per heavy atom. The van der Waals surface area contributed by atoms with E-state index in [9.17, 15) is 25.9 Å². The predicted molar refractivity (Wildman–Crippen MR) is 104 cm³/mol. The van der Waals surface area contributed by atoms with Gasteiger partial charge < -0.3 is 4.90 Å². The van der Waals surface area contributed by atoms with Crippen molar-refractivity contribution in [2.45, 2.75) is 48.8 Å². The Morgan fingerprint density at radius 3 is 2.21 bits per heavy atom. The molecule has 0 aliphatic carbocycles. The maximum atomic E-state index is 11.7. The largest absolute Gasteiger partial charge is 0.341 e. The van der Waals surface area contributed by atoms with E-state index in [1.54, 1.807) is 0 Å². The summed E-state index contributed by atoms with van der Waals surface area (Å²) < 4.78 is 65.2. The minimum Gasteiger partial charge on any atom is -0.341 e. The smallest absolute Gasteiger partial charge is 0.294 e. The van der Waals surface area contributed by atoms with Crippen molar-refractivity contribution in [1.29, 1.82) is 0 Å². The molecule has 2 N–H and O–H groups in total. The van der Waals surface area contributed by atoms with E-state index in [0.717, 1.165) is 50.6 Å². The molecule has 0 bridgehead atoms. The highest BCUT2D eigenvalue weighted by Crippen LogP contribution is 2.23. The van der Waals surface area contributed by atoms with Gasteiger partial charge in [-0.15, -0.1) is 0 Å². The van der Waals surface area contributed by atoms with Gasteiger partial charge >= 0.3 is 0 Å². The van der Waals surface area contributed by atoms with Crippen LogP contribution in [-0.2, 0) is 33.1 Å². The second-order valence-electron chi connectivity index (χ2n) is 6.81. The summed E-state index contributed by atoms with van der Waals surface area (Å²) in [6.07, 6.45) is 3.30. The lowest BCUT2D eigenvalue weighted by molar-refractivity contribution is 0.477. The summed E-state index contributed by atoms with van der Waals surface area (Å²) in [5.41, 5.74) is -0.0383. The molecule has 0 atom stereocenters. The third kappa shape index (κ3) is 5.26. The standard InChI is InChI=1S/C17H22N4O6S2/c1-2-5-15-18-16(20-17(19-15)21-8-3-4-9-21)11-12-10-13(28(22,23)24)6-7-14(12)29(25,26)27/h6-7,10H,2-5,8-9,11H2,1H3,(H,22,23,24)(H,25,26,27). The van der Waals surface area contributed by atoms with E-state index in [-0.39, 0.29) is 17.8 Å². The zero-order valence-electron chi connectivity index (χ0n) is 15.8. The van der Waals surface area contributed by atoms with E-state index in [1.165, 1.54) is 0 Å². The molecule has 0 amide bonds. The molecule has 2 heterocycles. The molecule has 0 saturated carbocycles. The minimum atomic E-state index is -4.62. The molecule has 0 unspecified atom stereocenters. The Kier molecular flexibility index (Phi) is 6.17. The van der Waals surface area contributed by atoms with Crippen LogP contribution in [0.15, 0.2) is 28.0 Å². The molecule has 0 spiro atoms. The van der Waals surface area contributed by atoms with Crippen molar-refractivity contribution < 1.29 is 25.9 Å². The lowest BCUT2D eigenvalue weighted by Gasteiger charge is -2.17. The first-order valence-corrected chi connectivity index (χ1v) is 12.0. The Labute approximate surface area is 169 Å². The Balaban J connectivity index is 2.08. The maximum absolute atomic E-state index is 11.7. The summed E-state index contributed by atoms with van der Waals surface area (Å²) in [4.78, 5) is 14.3. The number of anilines is 1. The number of benzene rings is 1. The maximum Gasteiger partial charge on any atom is 0.294 e. The first kappa shape index (κ1) is 21.6. The number of hydrogen-bond acceptors (Lipinski definition) is 8. The average molecular weight is 443 g/mol. The van der Waals surface area contributed by atoms with Crippen LogP contribution in [0.4, 0.5) is 5.95 Å². The zero-order valence-corrected chi connectivity index (χ0v) is 17.4. The van der Waals surface area contributed by atoms with Gasteiger partial charge in [-0.3, -0.25) is 9.11 Å². The lowest BCUT2D eigenvalue weighted by Crippen LogP contribution is -2.22. The summed E-state index contributed by atoms with van der Waals surface area (Å²) in [7, 11) is -9.18. The SMILES string of the molecule is CCCc1nc(Cc2cc(S(=O)(=O)O)ccc2S(=O)(=O)O)nc(N2CCCC2)n1. The second-order valence-corrected chi connectivity index (χ2v) is 9.62. The highest BCUT2D eigenvalue weighted by Gasteiger charge is 2.22. The third-order valence-corrected chi connectivity index (χ3v) is 6.34. The van der Waals surface area contributed by atoms with Gasteiger partial charge in [-0.1, -0.05) is 6.92 Å². The second kappa shape index (κ2) is 8.30. The zero-order chi connectivity index (χ0) is 21.2. The summed E-state index contributed by atoms with van der Waals surface area (Å²) in [6, 6.07) is 2.84. The number of nitrogens with zero attached hydrogens (tertiary/aromatic N) is 4. The Morgan fingerprint density at radius 2 is 1.62 bits per heavy atom. The van der Waals surface area contributed by atoms with Gasteiger partial charge in [-0.05, 0) is 43.0 Å². The number of hydrogen-bond donors (Lipinski definition) is 2. The normalized spacial score (nSPS) is 15.1. The fourth-order valence-corrected chi connectivity index (χ4v) is 4.44. The molecule has 2 aromatic rings. The molecule has 1 saturated heterocycles. The highest BCUT2D eigenvalue weighted by atomic mass is 32.2. The Hall–Kier alpha value is -2.15. The van der Waals surface area contributed by atoms with Gasteiger partial charge in [0.1, 0.15) is 11.6 Å². The number of aryl methyl sites for hydroxylation is 1. The van der Waals surface area contributed by atoms with Gasteiger partial charge in [0.15, 0.2) is 0 Å². The highest BCUT2D eigenvalue weighted by molar-refractivity contribution is 7.86. The van der Waals surface area contributed by atoms with E-state index in [0.29, 0.717) is 18.2 Å². The molecule has 3 rings (SSSR count). The molecule has 1 aliphatic heterocycles. The van der Waals surface area contributed by atoms with E-state index in [2.05, 4.69) is 15.0 Å². The van der Waals surface area contributed by atoms with Gasteiger partial charge in [0, 0.05) is 25.9 Å². The molecule has 10 nitrogen and oxygen atoms in total. The first-order chi connectivity index (χ1) is 13.6. The van der Waals surface area contributed by atoms with Crippen LogP contribution >= 0.6 is 0 Å². The van der Waals surface area contributed by atoms with Crippen molar-refractivity contribution in [2.75, 3.05) is 18.0 Å². The van der Waals surface area contributed by atoms with Crippen LogP contribution in [0, 0.1) is 0 Å². The molecule has 1 fully saturated rings. The topological polar surface area (TPSA) is 151 Å². The molecular formula is C17H22N4O6S2. The molecule has 158 valence electrons. The van der Waals surface area contributed by atoms with E-state index < -0.39 is 30.0 Å². The van der Waals surface area contributed by atoms with Crippen LogP contribution in [0.2, 0.25) is 0 Å². The molecule has 1 aromatic carbocycles. The molecule has 1 aliphatic rings. The van der Waals surface area contributed by atoms with Crippen molar-refractivity contribution in [3.63, 3.8) is 0 Å². The van der Waals surface area contributed by atoms with E-state index >= 15 is 0 Å². The van der Waals surface area contributed by atoms with Gasteiger partial charge in [0.05, 0.1) is 9.79 Å². The molecule has 29 heavy (non-hydrogen) atoms. The van der Waals surface area contributed by atoms with Crippen molar-refractivity contribution in [2.24, 2.45) is 0 Å². The van der Waals surface area contributed by atoms with Crippen LogP contribution in [0.3, 0.4) is 0 Å². The summed E-state index contributed by atoms with van der Waals surface area (Å²) in [5, 5.41) is 0. The van der Waals surface area contributed by atoms with Gasteiger partial charge in [0.25, 0.3) is 20.2 Å². The first-order valence-electron chi connectivity index (χ1n) is 9.14. The molecular weight excluding hydrogens is 420 g/mol. The monoisotopic (exact) mass is 442 g/mol. The van der Waals surface area contributed by atoms with Gasteiger partial charge in [0.2, 0.25) is 5.95 Å². The van der Waals surface area contributed by atoms with Crippen LogP contribution < -0.4 is 4.90 Å². The van der Waals surface area contributed by atoms with Gasteiger partial charge in [-0.25, -0.2) is 4.98 Å². The van der Waals surface area contributed by atoms with Crippen LogP contribution in [-0.4, -0.2) is 54.0 Å². The van der Waals surface area contributed by atoms with E-state index in [4.69, 9.17) is 0 Å². The van der Waals surface area contributed by atoms with Crippen molar-refractivity contribution >= 4 is 26.2 Å². The van der Waals surface area contributed by atoms with Crippen LogP contribution in [0.5, 0.6) is 0 Å². The summed E-state index contributed by atoms with van der Waals surface area (Å²) in [6.45, 7) is 3.60. The average Bonchev–Trinajstić information content (AvgIpc) is 3.15. The molecule has 12 heteroatoms. The quantitative estimate of drug-likeness (QED) is 0.604. The number of aromatic nitrogens is 3. The third-order valence-electron chi connectivity index (χ3n) is 4.54. The summed E-state index contributed by atoms with van der Waals surface area (Å²) >= 11 is 0. The van der Waals surface area contributed by atoms with Crippen molar-refractivity contribution in [3.8, 4) is 0 Å². The van der Waals surface area contributed by atoms with Crippen LogP contribution in [0.1, 0.15) is 43.4 Å². The van der Waals surface area contributed by atoms with E-state index in [1.807, 2.05) is 11.8 Å².